The van der Waals surface area contributed by atoms with Crippen LogP contribution in [0.15, 0.2) is 22.7 Å². The second kappa shape index (κ2) is 10.2. The predicted molar refractivity (Wildman–Crippen MR) is 120 cm³/mol. The van der Waals surface area contributed by atoms with Gasteiger partial charge < -0.3 is 14.5 Å². The number of ether oxygens (including phenoxy) is 1. The predicted octanol–water partition coefficient (Wildman–Crippen LogP) is 4.89. The average molecular weight is 555 g/mol. The minimum atomic E-state index is -1.65. The van der Waals surface area contributed by atoms with Crippen LogP contribution in [0, 0.1) is 23.3 Å². The Morgan fingerprint density at radius 3 is 2.25 bits per heavy atom. The normalized spacial score (nSPS) is 13.8. The fourth-order valence-electron chi connectivity index (χ4n) is 3.17. The lowest BCUT2D eigenvalue weighted by atomic mass is 10.2. The van der Waals surface area contributed by atoms with Crippen LogP contribution < -0.4 is 15.0 Å². The van der Waals surface area contributed by atoms with E-state index in [2.05, 4.69) is 21.2 Å². The molecule has 2 aromatic carbocycles. The molecule has 1 aliphatic rings. The maximum atomic E-state index is 14.2. The van der Waals surface area contributed by atoms with Crippen molar-refractivity contribution in [3.05, 3.63) is 56.5 Å². The number of nitrogens with one attached hydrogen (secondary N) is 1. The monoisotopic (exact) mass is 553 g/mol. The zero-order valence-electron chi connectivity index (χ0n) is 16.7. The van der Waals surface area contributed by atoms with Crippen molar-refractivity contribution in [3.63, 3.8) is 0 Å². The molecule has 0 atom stereocenters. The Kier molecular flexibility index (Phi) is 7.84. The largest absolute Gasteiger partial charge is 0.493 e. The second-order valence-electron chi connectivity index (χ2n) is 6.73. The van der Waals surface area contributed by atoms with Gasteiger partial charge in [-0.2, -0.15) is 0 Å². The number of carbonyl (C=O) groups is 1. The standard InChI is InChI=1S/C20H17BrClF4N3O2S/c1-2-31-12-4-3-10(9-11(12)21)19(30)27-20(32)29-7-5-28(6-8-29)18-16(25)14(23)13(22)15(24)17(18)26/h3-4,9H,2,5-8H2,1H3,(H,27,30,32). The van der Waals surface area contributed by atoms with E-state index in [4.69, 9.17) is 28.6 Å². The van der Waals surface area contributed by atoms with E-state index < -0.39 is 39.9 Å². The van der Waals surface area contributed by atoms with E-state index in [0.29, 0.717) is 22.4 Å². The maximum Gasteiger partial charge on any atom is 0.257 e. The summed E-state index contributed by atoms with van der Waals surface area (Å²) >= 11 is 13.9. The number of piperazine rings is 1. The lowest BCUT2D eigenvalue weighted by Crippen LogP contribution is -2.53. The number of carbonyl (C=O) groups excluding carboxylic acids is 1. The minimum Gasteiger partial charge on any atom is -0.493 e. The highest BCUT2D eigenvalue weighted by molar-refractivity contribution is 9.10. The molecule has 1 fully saturated rings. The summed E-state index contributed by atoms with van der Waals surface area (Å²) in [6, 6.07) is 4.83. The zero-order chi connectivity index (χ0) is 23.6. The first-order valence-corrected chi connectivity index (χ1v) is 11.0. The number of benzene rings is 2. The third-order valence-corrected chi connectivity index (χ3v) is 6.10. The van der Waals surface area contributed by atoms with E-state index >= 15 is 0 Å². The number of amides is 1. The van der Waals surface area contributed by atoms with Crippen LogP contribution in [-0.4, -0.2) is 48.7 Å². The SMILES string of the molecule is CCOc1ccc(C(=O)NC(=S)N2CCN(c3c(F)c(F)c(Cl)c(F)c3F)CC2)cc1Br. The molecule has 5 nitrogen and oxygen atoms in total. The van der Waals surface area contributed by atoms with E-state index in [1.165, 1.54) is 0 Å². The van der Waals surface area contributed by atoms with E-state index in [1.54, 1.807) is 23.1 Å². The van der Waals surface area contributed by atoms with E-state index in [-0.39, 0.29) is 31.3 Å². The average Bonchev–Trinajstić information content (AvgIpc) is 2.78. The fourth-order valence-corrected chi connectivity index (χ4v) is 4.10. The van der Waals surface area contributed by atoms with E-state index in [0.717, 1.165) is 4.90 Å². The highest BCUT2D eigenvalue weighted by Crippen LogP contribution is 2.34. The Balaban J connectivity index is 1.64. The summed E-state index contributed by atoms with van der Waals surface area (Å²) in [6.07, 6.45) is 0. The second-order valence-corrected chi connectivity index (χ2v) is 8.35. The molecular weight excluding hydrogens is 538 g/mol. The van der Waals surface area contributed by atoms with Gasteiger partial charge in [-0.05, 0) is 53.3 Å². The summed E-state index contributed by atoms with van der Waals surface area (Å²) in [6.45, 7) is 2.67. The number of thiocarbonyl (C=S) groups is 1. The number of hydrogen-bond donors (Lipinski definition) is 1. The Morgan fingerprint density at radius 2 is 1.72 bits per heavy atom. The van der Waals surface area contributed by atoms with Gasteiger partial charge in [0, 0.05) is 31.7 Å². The third-order valence-electron chi connectivity index (χ3n) is 4.78. The first kappa shape index (κ1) is 24.5. The molecule has 0 bridgehead atoms. The molecule has 1 N–H and O–H groups in total. The van der Waals surface area contributed by atoms with Gasteiger partial charge in [-0.1, -0.05) is 11.6 Å². The maximum absolute atomic E-state index is 14.2. The molecule has 0 radical (unpaired) electrons. The summed E-state index contributed by atoms with van der Waals surface area (Å²) in [5.41, 5.74) is -0.476. The molecule has 1 aliphatic heterocycles. The Labute approximate surface area is 200 Å². The number of nitrogens with zero attached hydrogens (tertiary/aromatic N) is 2. The highest BCUT2D eigenvalue weighted by Gasteiger charge is 2.30. The van der Waals surface area contributed by atoms with Gasteiger partial charge in [0.1, 0.15) is 16.5 Å². The lowest BCUT2D eigenvalue weighted by molar-refractivity contribution is 0.0973. The minimum absolute atomic E-state index is 0.0129. The first-order valence-electron chi connectivity index (χ1n) is 9.44. The summed E-state index contributed by atoms with van der Waals surface area (Å²) in [5, 5.41) is 1.49. The van der Waals surface area contributed by atoms with Crippen molar-refractivity contribution in [1.82, 2.24) is 10.2 Å². The van der Waals surface area contributed by atoms with Crippen LogP contribution in [-0.2, 0) is 0 Å². The topological polar surface area (TPSA) is 44.8 Å². The van der Waals surface area contributed by atoms with Crippen LogP contribution in [0.2, 0.25) is 5.02 Å². The van der Waals surface area contributed by atoms with Crippen molar-refractivity contribution in [2.45, 2.75) is 6.92 Å². The number of anilines is 1. The number of halogens is 6. The van der Waals surface area contributed by atoms with Crippen LogP contribution >= 0.6 is 39.7 Å². The third kappa shape index (κ3) is 4.94. The van der Waals surface area contributed by atoms with Gasteiger partial charge in [0.15, 0.2) is 28.4 Å². The van der Waals surface area contributed by atoms with Crippen LogP contribution in [0.5, 0.6) is 5.75 Å². The van der Waals surface area contributed by atoms with Gasteiger partial charge in [-0.3, -0.25) is 10.1 Å². The summed E-state index contributed by atoms with van der Waals surface area (Å²) in [7, 11) is 0. The van der Waals surface area contributed by atoms with Crippen molar-refractivity contribution in [2.24, 2.45) is 0 Å². The Hall–Kier alpha value is -2.11. The van der Waals surface area contributed by atoms with Gasteiger partial charge >= 0.3 is 0 Å². The molecule has 12 heteroatoms. The van der Waals surface area contributed by atoms with Crippen LogP contribution in [0.3, 0.4) is 0 Å². The molecule has 1 heterocycles. The fraction of sp³-hybridized carbons (Fsp3) is 0.300. The molecule has 0 unspecified atom stereocenters. The van der Waals surface area contributed by atoms with Crippen molar-refractivity contribution >= 4 is 56.5 Å². The van der Waals surface area contributed by atoms with E-state index in [9.17, 15) is 22.4 Å². The molecule has 1 saturated heterocycles. The molecule has 2 aromatic rings. The molecular formula is C20H17BrClF4N3O2S. The first-order chi connectivity index (χ1) is 15.1. The van der Waals surface area contributed by atoms with Crippen molar-refractivity contribution in [2.75, 3.05) is 37.7 Å². The molecule has 3 rings (SSSR count). The summed E-state index contributed by atoms with van der Waals surface area (Å²) in [5.74, 6) is -6.25. The summed E-state index contributed by atoms with van der Waals surface area (Å²) < 4.78 is 61.9. The molecule has 0 aromatic heterocycles. The smallest absolute Gasteiger partial charge is 0.257 e. The molecule has 0 aliphatic carbocycles. The Bertz CT molecular complexity index is 1040. The van der Waals surface area contributed by atoms with Gasteiger partial charge in [0.05, 0.1) is 11.1 Å². The molecule has 0 spiro atoms. The van der Waals surface area contributed by atoms with Crippen LogP contribution in [0.1, 0.15) is 17.3 Å². The van der Waals surface area contributed by atoms with Crippen molar-refractivity contribution < 1.29 is 27.1 Å². The van der Waals surface area contributed by atoms with Crippen molar-refractivity contribution in [1.29, 1.82) is 0 Å². The number of rotatable bonds is 4. The van der Waals surface area contributed by atoms with Crippen LogP contribution in [0.25, 0.3) is 0 Å². The Morgan fingerprint density at radius 1 is 1.12 bits per heavy atom. The number of hydrogen-bond acceptors (Lipinski definition) is 4. The molecule has 0 saturated carbocycles. The molecule has 172 valence electrons. The van der Waals surface area contributed by atoms with Gasteiger partial charge in [-0.15, -0.1) is 0 Å². The lowest BCUT2D eigenvalue weighted by Gasteiger charge is -2.37. The molecule has 1 amide bonds. The van der Waals surface area contributed by atoms with Gasteiger partial charge in [-0.25, -0.2) is 17.6 Å². The zero-order valence-corrected chi connectivity index (χ0v) is 19.8. The van der Waals surface area contributed by atoms with Gasteiger partial charge in [0.2, 0.25) is 0 Å². The van der Waals surface area contributed by atoms with Crippen LogP contribution in [0.4, 0.5) is 23.2 Å². The quantitative estimate of drug-likeness (QED) is 0.252. The van der Waals surface area contributed by atoms with E-state index in [1.807, 2.05) is 6.92 Å². The highest BCUT2D eigenvalue weighted by atomic mass is 79.9. The molecule has 32 heavy (non-hydrogen) atoms. The van der Waals surface area contributed by atoms with Crippen molar-refractivity contribution in [3.8, 4) is 5.75 Å². The van der Waals surface area contributed by atoms with Gasteiger partial charge in [0.25, 0.3) is 5.91 Å². The summed E-state index contributed by atoms with van der Waals surface area (Å²) in [4.78, 5) is 15.3.